The molecule has 0 aliphatic heterocycles. The van der Waals surface area contributed by atoms with Gasteiger partial charge >= 0.3 is 5.97 Å². The van der Waals surface area contributed by atoms with Crippen LogP contribution in [0, 0.1) is 6.92 Å². The van der Waals surface area contributed by atoms with Crippen molar-refractivity contribution >= 4 is 21.8 Å². The van der Waals surface area contributed by atoms with E-state index in [-0.39, 0.29) is 10.7 Å². The van der Waals surface area contributed by atoms with Crippen molar-refractivity contribution in [1.82, 2.24) is 14.8 Å². The van der Waals surface area contributed by atoms with Crippen LogP contribution < -0.4 is 9.46 Å². The smallest absolute Gasteiger partial charge is 0.341 e. The van der Waals surface area contributed by atoms with Crippen molar-refractivity contribution in [2.24, 2.45) is 0 Å². The van der Waals surface area contributed by atoms with Gasteiger partial charge in [0, 0.05) is 18.5 Å². The number of benzene rings is 1. The summed E-state index contributed by atoms with van der Waals surface area (Å²) in [5, 5.41) is 12.9. The number of nitrogens with zero attached hydrogens (tertiary/aromatic N) is 3. The highest BCUT2D eigenvalue weighted by Crippen LogP contribution is 2.23. The molecule has 0 aliphatic rings. The lowest BCUT2D eigenvalue weighted by molar-refractivity contribution is -0.139. The fourth-order valence-electron chi connectivity index (χ4n) is 2.45. The normalized spacial score (nSPS) is 11.2. The predicted molar refractivity (Wildman–Crippen MR) is 101 cm³/mol. The highest BCUT2D eigenvalue weighted by molar-refractivity contribution is 7.92. The SMILES string of the molecule is Cc1cc(S(=O)(=O)Nc2ccn(Cc3ccccn3)n2)ccc1OCC(=O)O. The van der Waals surface area contributed by atoms with Crippen LogP contribution in [0.15, 0.2) is 59.8 Å². The number of rotatable bonds is 8. The maximum absolute atomic E-state index is 12.6. The molecular weight excluding hydrogens is 384 g/mol. The zero-order valence-corrected chi connectivity index (χ0v) is 15.8. The molecule has 2 heterocycles. The molecule has 28 heavy (non-hydrogen) atoms. The number of carboxylic acids is 1. The van der Waals surface area contributed by atoms with Crippen LogP contribution in [0.1, 0.15) is 11.3 Å². The first-order valence-corrected chi connectivity index (χ1v) is 9.73. The van der Waals surface area contributed by atoms with Crippen LogP contribution in [-0.4, -0.2) is 40.9 Å². The molecule has 0 radical (unpaired) electrons. The first kappa shape index (κ1) is 19.4. The summed E-state index contributed by atoms with van der Waals surface area (Å²) < 4.78 is 34.3. The standard InChI is InChI=1S/C18H18N4O5S/c1-13-10-15(5-6-16(13)27-12-18(23)24)28(25,26)21-17-7-9-22(20-17)11-14-4-2-3-8-19-14/h2-10H,11-12H2,1H3,(H,20,21)(H,23,24). The molecule has 0 saturated heterocycles. The molecule has 0 bridgehead atoms. The van der Waals surface area contributed by atoms with E-state index in [9.17, 15) is 13.2 Å². The van der Waals surface area contributed by atoms with Gasteiger partial charge in [0.05, 0.1) is 17.1 Å². The number of aliphatic carboxylic acids is 1. The Balaban J connectivity index is 1.71. The predicted octanol–water partition coefficient (Wildman–Crippen LogP) is 1.90. The van der Waals surface area contributed by atoms with Crippen LogP contribution in [0.4, 0.5) is 5.82 Å². The monoisotopic (exact) mass is 402 g/mol. The molecule has 1 aromatic carbocycles. The Morgan fingerprint density at radius 3 is 2.75 bits per heavy atom. The van der Waals surface area contributed by atoms with Gasteiger partial charge in [-0.3, -0.25) is 14.4 Å². The Morgan fingerprint density at radius 2 is 2.07 bits per heavy atom. The summed E-state index contributed by atoms with van der Waals surface area (Å²) in [7, 11) is -3.86. The highest BCUT2D eigenvalue weighted by atomic mass is 32.2. The number of anilines is 1. The molecule has 0 saturated carbocycles. The molecule has 10 heteroatoms. The second-order valence-corrected chi connectivity index (χ2v) is 7.62. The lowest BCUT2D eigenvalue weighted by atomic mass is 10.2. The summed E-state index contributed by atoms with van der Waals surface area (Å²) in [5.41, 5.74) is 1.30. The van der Waals surface area contributed by atoms with Gasteiger partial charge in [-0.2, -0.15) is 5.10 Å². The van der Waals surface area contributed by atoms with E-state index in [0.717, 1.165) is 5.69 Å². The minimum Gasteiger partial charge on any atom is -0.482 e. The number of sulfonamides is 1. The van der Waals surface area contributed by atoms with E-state index in [2.05, 4.69) is 14.8 Å². The molecular formula is C18H18N4O5S. The third kappa shape index (κ3) is 4.86. The van der Waals surface area contributed by atoms with Gasteiger partial charge in [-0.15, -0.1) is 0 Å². The second-order valence-electron chi connectivity index (χ2n) is 5.93. The Kier molecular flexibility index (Phi) is 5.59. The third-order valence-electron chi connectivity index (χ3n) is 3.74. The summed E-state index contributed by atoms with van der Waals surface area (Å²) in [4.78, 5) is 14.8. The van der Waals surface area contributed by atoms with Crippen LogP contribution in [0.25, 0.3) is 0 Å². The average Bonchev–Trinajstić information content (AvgIpc) is 3.07. The molecule has 0 atom stereocenters. The van der Waals surface area contributed by atoms with Gasteiger partial charge in [0.2, 0.25) is 0 Å². The van der Waals surface area contributed by atoms with E-state index >= 15 is 0 Å². The summed E-state index contributed by atoms with van der Waals surface area (Å²) in [6, 6.07) is 11.3. The molecule has 2 aromatic heterocycles. The lowest BCUT2D eigenvalue weighted by Crippen LogP contribution is -2.15. The number of carboxylic acid groups (broad SMARTS) is 1. The molecule has 0 aliphatic carbocycles. The van der Waals surface area contributed by atoms with E-state index in [4.69, 9.17) is 9.84 Å². The molecule has 146 valence electrons. The van der Waals surface area contributed by atoms with E-state index < -0.39 is 22.6 Å². The zero-order chi connectivity index (χ0) is 20.1. The topological polar surface area (TPSA) is 123 Å². The minimum atomic E-state index is -3.86. The maximum atomic E-state index is 12.6. The van der Waals surface area contributed by atoms with Crippen molar-refractivity contribution in [3.63, 3.8) is 0 Å². The van der Waals surface area contributed by atoms with Crippen molar-refractivity contribution in [3.8, 4) is 5.75 Å². The summed E-state index contributed by atoms with van der Waals surface area (Å²) in [5.74, 6) is -0.625. The van der Waals surface area contributed by atoms with Gasteiger partial charge in [0.25, 0.3) is 10.0 Å². The Morgan fingerprint density at radius 1 is 1.25 bits per heavy atom. The van der Waals surface area contributed by atoms with E-state index in [1.807, 2.05) is 18.2 Å². The van der Waals surface area contributed by atoms with Crippen LogP contribution in [0.2, 0.25) is 0 Å². The number of carbonyl (C=O) groups is 1. The van der Waals surface area contributed by atoms with Gasteiger partial charge in [0.1, 0.15) is 5.75 Å². The van der Waals surface area contributed by atoms with Crippen molar-refractivity contribution < 1.29 is 23.1 Å². The Labute approximate surface area is 161 Å². The number of hydrogen-bond acceptors (Lipinski definition) is 6. The molecule has 0 spiro atoms. The Hall–Kier alpha value is -3.40. The first-order chi connectivity index (χ1) is 13.3. The number of nitrogens with one attached hydrogen (secondary N) is 1. The van der Waals surface area contributed by atoms with Crippen molar-refractivity contribution in [2.45, 2.75) is 18.4 Å². The lowest BCUT2D eigenvalue weighted by Gasteiger charge is -2.10. The van der Waals surface area contributed by atoms with Gasteiger partial charge in [-0.05, 0) is 42.8 Å². The van der Waals surface area contributed by atoms with Crippen molar-refractivity contribution in [3.05, 3.63) is 66.1 Å². The highest BCUT2D eigenvalue weighted by Gasteiger charge is 2.17. The second kappa shape index (κ2) is 8.09. The van der Waals surface area contributed by atoms with Crippen molar-refractivity contribution in [1.29, 1.82) is 0 Å². The van der Waals surface area contributed by atoms with E-state index in [0.29, 0.717) is 17.9 Å². The van der Waals surface area contributed by atoms with E-state index in [1.54, 1.807) is 30.1 Å². The average molecular weight is 402 g/mol. The molecule has 2 N–H and O–H groups in total. The summed E-state index contributed by atoms with van der Waals surface area (Å²) >= 11 is 0. The zero-order valence-electron chi connectivity index (χ0n) is 14.9. The van der Waals surface area contributed by atoms with Crippen LogP contribution in [-0.2, 0) is 21.4 Å². The number of aromatic nitrogens is 3. The van der Waals surface area contributed by atoms with Gasteiger partial charge in [0.15, 0.2) is 12.4 Å². The molecule has 0 amide bonds. The summed E-state index contributed by atoms with van der Waals surface area (Å²) in [6.07, 6.45) is 3.33. The van der Waals surface area contributed by atoms with Gasteiger partial charge in [-0.1, -0.05) is 6.07 Å². The first-order valence-electron chi connectivity index (χ1n) is 8.25. The fraction of sp³-hybridized carbons (Fsp3) is 0.167. The maximum Gasteiger partial charge on any atom is 0.341 e. The summed E-state index contributed by atoms with van der Waals surface area (Å²) in [6.45, 7) is 1.55. The number of hydrogen-bond donors (Lipinski definition) is 2. The molecule has 3 aromatic rings. The number of ether oxygens (including phenoxy) is 1. The fourth-order valence-corrected chi connectivity index (χ4v) is 3.53. The molecule has 0 fully saturated rings. The Bertz CT molecular complexity index is 1080. The number of pyridine rings is 1. The largest absolute Gasteiger partial charge is 0.482 e. The third-order valence-corrected chi connectivity index (χ3v) is 5.09. The van der Waals surface area contributed by atoms with Gasteiger partial charge < -0.3 is 9.84 Å². The molecule has 9 nitrogen and oxygen atoms in total. The van der Waals surface area contributed by atoms with Crippen LogP contribution >= 0.6 is 0 Å². The molecule has 0 unspecified atom stereocenters. The quantitative estimate of drug-likeness (QED) is 0.590. The van der Waals surface area contributed by atoms with Gasteiger partial charge in [-0.25, -0.2) is 13.2 Å². The van der Waals surface area contributed by atoms with E-state index in [1.165, 1.54) is 18.2 Å². The minimum absolute atomic E-state index is 0.0203. The van der Waals surface area contributed by atoms with Crippen molar-refractivity contribution in [2.75, 3.05) is 11.3 Å². The van der Waals surface area contributed by atoms with Crippen LogP contribution in [0.3, 0.4) is 0 Å². The van der Waals surface area contributed by atoms with Crippen LogP contribution in [0.5, 0.6) is 5.75 Å². The molecule has 3 rings (SSSR count). The number of aryl methyl sites for hydroxylation is 1.